The van der Waals surface area contributed by atoms with Gasteiger partial charge < -0.3 is 10.6 Å². The van der Waals surface area contributed by atoms with Crippen molar-refractivity contribution in [3.63, 3.8) is 0 Å². The minimum Gasteiger partial charge on any atom is -0.397 e. The monoisotopic (exact) mass is 440 g/mol. The van der Waals surface area contributed by atoms with Crippen molar-refractivity contribution in [1.29, 1.82) is 0 Å². The molecule has 5 nitrogen and oxygen atoms in total. The Bertz CT molecular complexity index is 1360. The number of hydrogen-bond acceptors (Lipinski definition) is 4. The van der Waals surface area contributed by atoms with Crippen molar-refractivity contribution in [2.75, 3.05) is 17.7 Å². The van der Waals surface area contributed by atoms with Crippen LogP contribution in [0.15, 0.2) is 84.0 Å². The zero-order valence-electron chi connectivity index (χ0n) is 17.5. The lowest BCUT2D eigenvalue weighted by molar-refractivity contribution is -0.119. The van der Waals surface area contributed by atoms with Gasteiger partial charge in [0.1, 0.15) is 6.04 Å². The molecule has 0 radical (unpaired) electrons. The van der Waals surface area contributed by atoms with E-state index in [9.17, 15) is 4.79 Å². The number of pyridine rings is 1. The molecule has 1 aliphatic heterocycles. The van der Waals surface area contributed by atoms with Crippen molar-refractivity contribution >= 4 is 45.4 Å². The number of carbonyl (C=O) groups excluding carboxylic acids is 1. The lowest BCUT2D eigenvalue weighted by Gasteiger charge is -2.20. The van der Waals surface area contributed by atoms with Gasteiger partial charge >= 0.3 is 0 Å². The van der Waals surface area contributed by atoms with Crippen LogP contribution in [0.3, 0.4) is 0 Å². The lowest BCUT2D eigenvalue weighted by Crippen LogP contribution is -2.36. The zero-order chi connectivity index (χ0) is 22.2. The Morgan fingerprint density at radius 2 is 1.81 bits per heavy atom. The predicted molar refractivity (Wildman–Crippen MR) is 131 cm³/mol. The third kappa shape index (κ3) is 3.72. The summed E-state index contributed by atoms with van der Waals surface area (Å²) in [5.41, 5.74) is 10.2. The maximum Gasteiger partial charge on any atom is 0.251 e. The minimum absolute atomic E-state index is 0.0767. The van der Waals surface area contributed by atoms with Crippen molar-refractivity contribution in [1.82, 2.24) is 4.98 Å². The Hall–Kier alpha value is -3.70. The first kappa shape index (κ1) is 20.2. The number of halogens is 1. The van der Waals surface area contributed by atoms with Gasteiger partial charge in [-0.1, -0.05) is 54.1 Å². The molecule has 1 aliphatic rings. The highest BCUT2D eigenvalue weighted by Crippen LogP contribution is 2.31. The molecule has 5 rings (SSSR count). The van der Waals surface area contributed by atoms with Crippen LogP contribution >= 0.6 is 11.6 Å². The van der Waals surface area contributed by atoms with Crippen LogP contribution in [0.2, 0.25) is 5.02 Å². The second-order valence-electron chi connectivity index (χ2n) is 7.91. The number of likely N-dealkylation sites (N-methyl/N-ethyl adjacent to an activating group) is 1. The molecular weight excluding hydrogens is 420 g/mol. The first-order chi connectivity index (χ1) is 15.5. The Kier molecular flexibility index (Phi) is 5.11. The molecule has 2 heterocycles. The van der Waals surface area contributed by atoms with E-state index < -0.39 is 6.04 Å². The average molecular weight is 441 g/mol. The standard InChI is InChI=1S/C26H21ClN4O/c1-31-24-11-8-19(27)14-21(24)25(22-10-9-20(28)15-29-22)30-23(26(31)32)13-16-6-7-17-4-2-3-5-18(17)12-16/h2-12,14-15,23H,13,28H2,1H3. The van der Waals surface area contributed by atoms with E-state index in [4.69, 9.17) is 22.3 Å². The van der Waals surface area contributed by atoms with Gasteiger partial charge in [0.05, 0.1) is 29.0 Å². The number of fused-ring (bicyclic) bond motifs is 2. The number of benzene rings is 3. The topological polar surface area (TPSA) is 71.6 Å². The molecule has 4 aromatic rings. The van der Waals surface area contributed by atoms with E-state index in [1.54, 1.807) is 30.3 Å². The Morgan fingerprint density at radius 3 is 2.59 bits per heavy atom. The lowest BCUT2D eigenvalue weighted by atomic mass is 10.0. The molecule has 3 aromatic carbocycles. The third-order valence-corrected chi connectivity index (χ3v) is 5.98. The van der Waals surface area contributed by atoms with Gasteiger partial charge in [-0.2, -0.15) is 0 Å². The molecule has 158 valence electrons. The largest absolute Gasteiger partial charge is 0.397 e. The number of aliphatic imine (C=N–C) groups is 1. The SMILES string of the molecule is CN1C(=O)C(Cc2ccc3ccccc3c2)N=C(c2ccc(N)cn2)c2cc(Cl)ccc21. The highest BCUT2D eigenvalue weighted by Gasteiger charge is 2.30. The summed E-state index contributed by atoms with van der Waals surface area (Å²) in [6.07, 6.45) is 2.07. The molecule has 0 fully saturated rings. The number of anilines is 2. The molecule has 2 N–H and O–H groups in total. The first-order valence-corrected chi connectivity index (χ1v) is 10.7. The van der Waals surface area contributed by atoms with Crippen molar-refractivity contribution in [2.45, 2.75) is 12.5 Å². The minimum atomic E-state index is -0.596. The fourth-order valence-electron chi connectivity index (χ4n) is 4.08. The van der Waals surface area contributed by atoms with Crippen molar-refractivity contribution in [3.8, 4) is 0 Å². The van der Waals surface area contributed by atoms with Crippen molar-refractivity contribution in [3.05, 3.63) is 101 Å². The normalized spacial score (nSPS) is 15.9. The summed E-state index contributed by atoms with van der Waals surface area (Å²) in [4.78, 5) is 24.5. The zero-order valence-corrected chi connectivity index (χ0v) is 18.3. The number of benzodiazepines with no additional fused rings is 1. The number of rotatable bonds is 3. The molecule has 0 aliphatic carbocycles. The molecule has 1 unspecified atom stereocenters. The van der Waals surface area contributed by atoms with Crippen LogP contribution in [0.1, 0.15) is 16.8 Å². The molecule has 1 amide bonds. The third-order valence-electron chi connectivity index (χ3n) is 5.75. The van der Waals surface area contributed by atoms with E-state index >= 15 is 0 Å². The number of nitrogen functional groups attached to an aromatic ring is 1. The summed E-state index contributed by atoms with van der Waals surface area (Å²) in [6, 6.07) is 22.9. The van der Waals surface area contributed by atoms with E-state index in [0.717, 1.165) is 27.6 Å². The van der Waals surface area contributed by atoms with Crippen LogP contribution in [0.25, 0.3) is 10.8 Å². The number of carbonyl (C=O) groups is 1. The summed E-state index contributed by atoms with van der Waals surface area (Å²) < 4.78 is 0. The van der Waals surface area contributed by atoms with Gasteiger partial charge in [-0.25, -0.2) is 0 Å². The summed E-state index contributed by atoms with van der Waals surface area (Å²) >= 11 is 6.31. The van der Waals surface area contributed by atoms with Crippen LogP contribution in [0.4, 0.5) is 11.4 Å². The van der Waals surface area contributed by atoms with E-state index in [0.29, 0.717) is 28.5 Å². The molecule has 0 bridgehead atoms. The fourth-order valence-corrected chi connectivity index (χ4v) is 4.26. The summed E-state index contributed by atoms with van der Waals surface area (Å²) in [7, 11) is 1.78. The number of nitrogens with two attached hydrogens (primary N) is 1. The van der Waals surface area contributed by atoms with Crippen LogP contribution in [0, 0.1) is 0 Å². The fraction of sp³-hybridized carbons (Fsp3) is 0.115. The molecule has 0 spiro atoms. The van der Waals surface area contributed by atoms with Gasteiger partial charge in [-0.05, 0) is 46.7 Å². The molecule has 6 heteroatoms. The highest BCUT2D eigenvalue weighted by atomic mass is 35.5. The second-order valence-corrected chi connectivity index (χ2v) is 8.35. The molecule has 1 atom stereocenters. The van der Waals surface area contributed by atoms with Crippen LogP contribution in [-0.2, 0) is 11.2 Å². The molecule has 0 saturated carbocycles. The van der Waals surface area contributed by atoms with Crippen LogP contribution in [0.5, 0.6) is 0 Å². The number of hydrogen-bond donors (Lipinski definition) is 1. The highest BCUT2D eigenvalue weighted by molar-refractivity contribution is 6.32. The molecular formula is C26H21ClN4O. The Labute approximate surface area is 191 Å². The van der Waals surface area contributed by atoms with Gasteiger partial charge in [0.2, 0.25) is 0 Å². The van der Waals surface area contributed by atoms with Gasteiger partial charge in [0.15, 0.2) is 0 Å². The number of nitrogens with zero attached hydrogens (tertiary/aromatic N) is 3. The summed E-state index contributed by atoms with van der Waals surface area (Å²) in [6.45, 7) is 0. The average Bonchev–Trinajstić information content (AvgIpc) is 2.90. The smallest absolute Gasteiger partial charge is 0.251 e. The number of amides is 1. The van der Waals surface area contributed by atoms with Crippen molar-refractivity contribution in [2.24, 2.45) is 4.99 Å². The molecule has 32 heavy (non-hydrogen) atoms. The predicted octanol–water partition coefficient (Wildman–Crippen LogP) is 4.90. The van der Waals surface area contributed by atoms with Gasteiger partial charge in [0.25, 0.3) is 5.91 Å². The van der Waals surface area contributed by atoms with E-state index in [1.807, 2.05) is 30.3 Å². The van der Waals surface area contributed by atoms with Gasteiger partial charge in [-0.3, -0.25) is 14.8 Å². The first-order valence-electron chi connectivity index (χ1n) is 10.3. The molecule has 1 aromatic heterocycles. The van der Waals surface area contributed by atoms with Crippen LogP contribution in [-0.4, -0.2) is 29.7 Å². The molecule has 0 saturated heterocycles. The van der Waals surface area contributed by atoms with Crippen molar-refractivity contribution < 1.29 is 4.79 Å². The van der Waals surface area contributed by atoms with Gasteiger partial charge in [0, 0.05) is 24.1 Å². The maximum atomic E-state index is 13.4. The maximum absolute atomic E-state index is 13.4. The Balaban J connectivity index is 1.63. The van der Waals surface area contributed by atoms with E-state index in [1.165, 1.54) is 0 Å². The Morgan fingerprint density at radius 1 is 1.00 bits per heavy atom. The second kappa shape index (κ2) is 8.09. The van der Waals surface area contributed by atoms with E-state index in [-0.39, 0.29) is 5.91 Å². The van der Waals surface area contributed by atoms with Gasteiger partial charge in [-0.15, -0.1) is 0 Å². The summed E-state index contributed by atoms with van der Waals surface area (Å²) in [5, 5.41) is 2.87. The quantitative estimate of drug-likeness (QED) is 0.492. The van der Waals surface area contributed by atoms with Crippen LogP contribution < -0.4 is 10.6 Å². The summed E-state index contributed by atoms with van der Waals surface area (Å²) in [5.74, 6) is -0.0767. The van der Waals surface area contributed by atoms with E-state index in [2.05, 4.69) is 35.3 Å². The number of aromatic nitrogens is 1.